The van der Waals surface area contributed by atoms with Crippen molar-refractivity contribution in [1.82, 2.24) is 10.6 Å². The molecule has 1 aliphatic rings. The third kappa shape index (κ3) is 4.85. The molecule has 1 atom stereocenters. The van der Waals surface area contributed by atoms with Crippen LogP contribution in [0.25, 0.3) is 0 Å². The van der Waals surface area contributed by atoms with E-state index < -0.39 is 0 Å². The van der Waals surface area contributed by atoms with Crippen molar-refractivity contribution in [3.05, 3.63) is 24.3 Å². The molecule has 1 aliphatic heterocycles. The molecule has 1 aromatic rings. The van der Waals surface area contributed by atoms with Gasteiger partial charge in [0.15, 0.2) is 0 Å². The Kier molecular flexibility index (Phi) is 6.22. The summed E-state index contributed by atoms with van der Waals surface area (Å²) in [4.78, 5) is 25.3. The number of morpholine rings is 1. The molecule has 1 fully saturated rings. The Balaban J connectivity index is 1.93. The van der Waals surface area contributed by atoms with Gasteiger partial charge in [0.25, 0.3) is 5.91 Å². The number of methoxy groups -OCH3 is 1. The number of hydrogen-bond donors (Lipinski definition) is 2. The molecule has 0 bridgehead atoms. The highest BCUT2D eigenvalue weighted by Gasteiger charge is 2.27. The van der Waals surface area contributed by atoms with Gasteiger partial charge < -0.3 is 25.0 Å². The summed E-state index contributed by atoms with van der Waals surface area (Å²) in [5, 5.41) is 5.49. The van der Waals surface area contributed by atoms with Crippen LogP contribution in [0.15, 0.2) is 24.3 Å². The number of benzene rings is 1. The Labute approximate surface area is 135 Å². The first kappa shape index (κ1) is 17.1. The van der Waals surface area contributed by atoms with E-state index in [0.29, 0.717) is 25.4 Å². The molecule has 0 aromatic heterocycles. The van der Waals surface area contributed by atoms with E-state index in [1.165, 1.54) is 0 Å². The van der Waals surface area contributed by atoms with Gasteiger partial charge in [0.1, 0.15) is 12.4 Å². The summed E-state index contributed by atoms with van der Waals surface area (Å²) in [6.07, 6.45) is 0.636. The van der Waals surface area contributed by atoms with Gasteiger partial charge >= 0.3 is 6.03 Å². The zero-order valence-corrected chi connectivity index (χ0v) is 13.5. The molecule has 7 heteroatoms. The largest absolute Gasteiger partial charge is 0.497 e. The second kappa shape index (κ2) is 8.38. The van der Waals surface area contributed by atoms with Crippen LogP contribution in [-0.4, -0.2) is 51.4 Å². The van der Waals surface area contributed by atoms with Crippen LogP contribution in [0, 0.1) is 0 Å². The molecule has 0 spiro atoms. The highest BCUT2D eigenvalue weighted by molar-refractivity contribution is 5.95. The van der Waals surface area contributed by atoms with Crippen LogP contribution in [0.1, 0.15) is 13.3 Å². The van der Waals surface area contributed by atoms with E-state index >= 15 is 0 Å². The predicted molar refractivity (Wildman–Crippen MR) is 86.8 cm³/mol. The molecule has 7 nitrogen and oxygen atoms in total. The van der Waals surface area contributed by atoms with Gasteiger partial charge in [-0.3, -0.25) is 4.79 Å². The number of nitrogens with one attached hydrogen (secondary N) is 2. The van der Waals surface area contributed by atoms with E-state index in [-0.39, 0.29) is 24.6 Å². The maximum atomic E-state index is 12.1. The Hall–Kier alpha value is -2.28. The van der Waals surface area contributed by atoms with Crippen molar-refractivity contribution in [2.75, 3.05) is 38.3 Å². The van der Waals surface area contributed by atoms with Crippen LogP contribution in [0.5, 0.6) is 5.75 Å². The number of amides is 3. The standard InChI is InChI=1S/C16H23N3O4/c1-3-7-17-16(21)18-9-14-10-19(15(20)11-23-14)12-5-4-6-13(8-12)22-2/h4-6,8,14H,3,7,9-11H2,1-2H3,(H2,17,18,21). The Morgan fingerprint density at radius 3 is 3.00 bits per heavy atom. The first-order chi connectivity index (χ1) is 11.1. The minimum Gasteiger partial charge on any atom is -0.497 e. The zero-order valence-electron chi connectivity index (χ0n) is 13.5. The summed E-state index contributed by atoms with van der Waals surface area (Å²) >= 11 is 0. The lowest BCUT2D eigenvalue weighted by molar-refractivity contribution is -0.129. The number of carbonyl (C=O) groups excluding carboxylic acids is 2. The van der Waals surface area contributed by atoms with Crippen molar-refractivity contribution in [3.63, 3.8) is 0 Å². The molecule has 2 N–H and O–H groups in total. The number of urea groups is 1. The molecule has 1 unspecified atom stereocenters. The Morgan fingerprint density at radius 1 is 1.43 bits per heavy atom. The minimum atomic E-state index is -0.244. The van der Waals surface area contributed by atoms with Gasteiger partial charge in [0, 0.05) is 24.8 Å². The van der Waals surface area contributed by atoms with Crippen LogP contribution in [0.3, 0.4) is 0 Å². The van der Waals surface area contributed by atoms with E-state index in [0.717, 1.165) is 12.1 Å². The molecule has 126 valence electrons. The molecule has 0 aliphatic carbocycles. The van der Waals surface area contributed by atoms with Crippen molar-refractivity contribution in [2.24, 2.45) is 0 Å². The minimum absolute atomic E-state index is 0.000134. The Morgan fingerprint density at radius 2 is 2.26 bits per heavy atom. The lowest BCUT2D eigenvalue weighted by Gasteiger charge is -2.33. The third-order valence-electron chi connectivity index (χ3n) is 3.52. The van der Waals surface area contributed by atoms with Gasteiger partial charge in [-0.05, 0) is 18.6 Å². The number of carbonyl (C=O) groups is 2. The first-order valence-electron chi connectivity index (χ1n) is 7.71. The number of anilines is 1. The van der Waals surface area contributed by atoms with E-state index in [1.54, 1.807) is 12.0 Å². The van der Waals surface area contributed by atoms with Gasteiger partial charge in [-0.15, -0.1) is 0 Å². The van der Waals surface area contributed by atoms with Crippen LogP contribution in [-0.2, 0) is 9.53 Å². The van der Waals surface area contributed by atoms with Crippen LogP contribution in [0.2, 0.25) is 0 Å². The molecule has 23 heavy (non-hydrogen) atoms. The van der Waals surface area contributed by atoms with E-state index in [2.05, 4.69) is 10.6 Å². The third-order valence-corrected chi connectivity index (χ3v) is 3.52. The van der Waals surface area contributed by atoms with E-state index in [1.807, 2.05) is 31.2 Å². The number of ether oxygens (including phenoxy) is 2. The summed E-state index contributed by atoms with van der Waals surface area (Å²) < 4.78 is 10.7. The number of nitrogens with zero attached hydrogens (tertiary/aromatic N) is 1. The van der Waals surface area contributed by atoms with Crippen molar-refractivity contribution < 1.29 is 19.1 Å². The molecule has 2 rings (SSSR count). The zero-order chi connectivity index (χ0) is 16.7. The van der Waals surface area contributed by atoms with Crippen LogP contribution in [0.4, 0.5) is 10.5 Å². The molecule has 1 saturated heterocycles. The second-order valence-electron chi connectivity index (χ2n) is 5.28. The van der Waals surface area contributed by atoms with Crippen molar-refractivity contribution in [2.45, 2.75) is 19.4 Å². The summed E-state index contributed by atoms with van der Waals surface area (Å²) in [6.45, 7) is 3.36. The molecule has 1 aromatic carbocycles. The smallest absolute Gasteiger partial charge is 0.314 e. The van der Waals surface area contributed by atoms with Crippen molar-refractivity contribution in [1.29, 1.82) is 0 Å². The lowest BCUT2D eigenvalue weighted by Crippen LogP contribution is -2.51. The lowest BCUT2D eigenvalue weighted by atomic mass is 10.2. The average molecular weight is 321 g/mol. The quantitative estimate of drug-likeness (QED) is 0.823. The average Bonchev–Trinajstić information content (AvgIpc) is 2.59. The fraction of sp³-hybridized carbons (Fsp3) is 0.500. The number of rotatable bonds is 6. The summed E-state index contributed by atoms with van der Waals surface area (Å²) in [7, 11) is 1.59. The fourth-order valence-corrected chi connectivity index (χ4v) is 2.28. The summed E-state index contributed by atoms with van der Waals surface area (Å²) in [6, 6.07) is 7.10. The summed E-state index contributed by atoms with van der Waals surface area (Å²) in [5.41, 5.74) is 0.762. The van der Waals surface area contributed by atoms with Crippen LogP contribution < -0.4 is 20.3 Å². The van der Waals surface area contributed by atoms with Gasteiger partial charge in [-0.2, -0.15) is 0 Å². The highest BCUT2D eigenvalue weighted by atomic mass is 16.5. The van der Waals surface area contributed by atoms with Gasteiger partial charge in [0.2, 0.25) is 0 Å². The van der Waals surface area contributed by atoms with Crippen molar-refractivity contribution in [3.8, 4) is 5.75 Å². The Bertz CT molecular complexity index is 550. The molecular formula is C16H23N3O4. The molecular weight excluding hydrogens is 298 g/mol. The summed E-state index contributed by atoms with van der Waals surface area (Å²) in [5.74, 6) is 0.584. The first-order valence-corrected chi connectivity index (χ1v) is 7.71. The fourth-order valence-electron chi connectivity index (χ4n) is 2.28. The van der Waals surface area contributed by atoms with Crippen LogP contribution >= 0.6 is 0 Å². The second-order valence-corrected chi connectivity index (χ2v) is 5.28. The maximum absolute atomic E-state index is 12.1. The number of hydrogen-bond acceptors (Lipinski definition) is 4. The molecule has 0 saturated carbocycles. The highest BCUT2D eigenvalue weighted by Crippen LogP contribution is 2.23. The topological polar surface area (TPSA) is 79.9 Å². The predicted octanol–water partition coefficient (Wildman–Crippen LogP) is 1.14. The molecule has 1 heterocycles. The van der Waals surface area contributed by atoms with Gasteiger partial charge in [-0.1, -0.05) is 13.0 Å². The molecule has 3 amide bonds. The van der Waals surface area contributed by atoms with Crippen molar-refractivity contribution >= 4 is 17.6 Å². The van der Waals surface area contributed by atoms with Gasteiger partial charge in [0.05, 0.1) is 19.8 Å². The van der Waals surface area contributed by atoms with Gasteiger partial charge in [-0.25, -0.2) is 4.79 Å². The van der Waals surface area contributed by atoms with E-state index in [4.69, 9.17) is 9.47 Å². The monoisotopic (exact) mass is 321 g/mol. The van der Waals surface area contributed by atoms with E-state index in [9.17, 15) is 9.59 Å². The molecule has 0 radical (unpaired) electrons. The normalized spacial score (nSPS) is 17.7. The maximum Gasteiger partial charge on any atom is 0.314 e. The SMILES string of the molecule is CCCNC(=O)NCC1CN(c2cccc(OC)c2)C(=O)CO1.